The van der Waals surface area contributed by atoms with Crippen LogP contribution in [-0.4, -0.2) is 19.5 Å². The van der Waals surface area contributed by atoms with Gasteiger partial charge in [-0.1, -0.05) is 140 Å². The molecule has 0 unspecified atom stereocenters. The minimum absolute atomic E-state index is 0.560. The molecule has 0 saturated heterocycles. The monoisotopic (exact) mass is 1020 g/mol. The fourth-order valence-electron chi connectivity index (χ4n) is 12.0. The van der Waals surface area contributed by atoms with Crippen molar-refractivity contribution in [3.05, 3.63) is 231 Å². The highest BCUT2D eigenvalue weighted by Crippen LogP contribution is 2.46. The summed E-state index contributed by atoms with van der Waals surface area (Å²) in [6.45, 7) is 0. The summed E-state index contributed by atoms with van der Waals surface area (Å²) in [5.41, 5.74) is 14.1. The van der Waals surface area contributed by atoms with E-state index >= 15 is 0 Å². The highest BCUT2D eigenvalue weighted by Gasteiger charge is 2.22. The van der Waals surface area contributed by atoms with Crippen molar-refractivity contribution in [2.24, 2.45) is 0 Å². The second-order valence-corrected chi connectivity index (χ2v) is 21.9. The molecule has 0 atom stereocenters. The van der Waals surface area contributed by atoms with Crippen LogP contribution in [0.5, 0.6) is 0 Å². The largest absolute Gasteiger partial charge is 0.456 e. The zero-order valence-corrected chi connectivity index (χ0v) is 42.5. The Hall–Kier alpha value is -9.73. The third-order valence-electron chi connectivity index (χ3n) is 15.5. The average molecular weight is 1020 g/mol. The highest BCUT2D eigenvalue weighted by molar-refractivity contribution is 7.26. The zero-order chi connectivity index (χ0) is 50.3. The molecule has 0 radical (unpaired) electrons. The first-order valence-corrected chi connectivity index (χ1v) is 27.4. The summed E-state index contributed by atoms with van der Waals surface area (Å²) in [6, 6.07) is 82.1. The number of nitrogens with zero attached hydrogens (tertiary/aromatic N) is 4. The van der Waals surface area contributed by atoms with Gasteiger partial charge in [-0.2, -0.15) is 0 Å². The number of fused-ring (bicyclic) bond motifs is 15. The van der Waals surface area contributed by atoms with Crippen LogP contribution in [0.25, 0.3) is 168 Å². The first-order valence-electron chi connectivity index (χ1n) is 25.7. The van der Waals surface area contributed by atoms with Crippen LogP contribution in [0, 0.1) is 0 Å². The van der Waals surface area contributed by atoms with Crippen LogP contribution in [0.15, 0.2) is 239 Å². The predicted molar refractivity (Wildman–Crippen MR) is 322 cm³/mol. The van der Waals surface area contributed by atoms with Gasteiger partial charge in [-0.3, -0.25) is 0 Å². The molecule has 0 spiro atoms. The molecule has 0 aliphatic carbocycles. The molecule has 17 aromatic rings. The number of hydrogen-bond acceptors (Lipinski definition) is 7. The van der Waals surface area contributed by atoms with E-state index in [2.05, 4.69) is 205 Å². The van der Waals surface area contributed by atoms with Crippen molar-refractivity contribution in [3.8, 4) is 62.1 Å². The third-order valence-corrected chi connectivity index (χ3v) is 17.8. The number of benzene rings is 11. The van der Waals surface area contributed by atoms with Crippen molar-refractivity contribution >= 4 is 129 Å². The van der Waals surface area contributed by atoms with E-state index in [0.717, 1.165) is 82.8 Å². The summed E-state index contributed by atoms with van der Waals surface area (Å²) in [5.74, 6) is 1.73. The van der Waals surface area contributed by atoms with Gasteiger partial charge in [0.2, 0.25) is 0 Å². The molecular weight excluding hydrogens is 981 g/mol. The molecule has 0 bridgehead atoms. The van der Waals surface area contributed by atoms with E-state index < -0.39 is 0 Å². The van der Waals surface area contributed by atoms with Crippen molar-refractivity contribution in [1.82, 2.24) is 19.5 Å². The smallest absolute Gasteiger partial charge is 0.164 e. The predicted octanol–water partition coefficient (Wildman–Crippen LogP) is 19.8. The number of rotatable bonds is 6. The Labute approximate surface area is 447 Å². The number of furan rings is 2. The summed E-state index contributed by atoms with van der Waals surface area (Å²) < 4.78 is 20.4. The fourth-order valence-corrected chi connectivity index (χ4v) is 14.3. The van der Waals surface area contributed by atoms with E-state index in [1.807, 2.05) is 41.7 Å². The Morgan fingerprint density at radius 3 is 1.78 bits per heavy atom. The molecule has 0 saturated carbocycles. The van der Waals surface area contributed by atoms with Gasteiger partial charge in [0.15, 0.2) is 17.5 Å². The maximum Gasteiger partial charge on any atom is 0.164 e. The second-order valence-electron chi connectivity index (χ2n) is 19.8. The SMILES string of the molecule is c1ccc(-n2c3ccccc3c3cc(-c4cccc5c4sc4ccc(-c6ccc7oc8cccc(-c9nc(-c%10ccc%11c(c%10)oc%10ccccc%10%11)nc(-c%10cccc%11sc%12ccccc%12c%10%11)n9)c8c7c6)cc45)ccc32)cc1. The average Bonchev–Trinajstić information content (AvgIpc) is 4.33. The Bertz CT molecular complexity index is 5310. The maximum absolute atomic E-state index is 6.67. The van der Waals surface area contributed by atoms with Gasteiger partial charge in [0.25, 0.3) is 0 Å². The lowest BCUT2D eigenvalue weighted by atomic mass is 9.98. The highest BCUT2D eigenvalue weighted by atomic mass is 32.1. The first kappa shape index (κ1) is 42.6. The minimum Gasteiger partial charge on any atom is -0.456 e. The molecule has 0 N–H and O–H groups in total. The summed E-state index contributed by atoms with van der Waals surface area (Å²) in [7, 11) is 0. The Morgan fingerprint density at radius 1 is 0.299 bits per heavy atom. The molecule has 0 aliphatic heterocycles. The molecule has 8 heteroatoms. The van der Waals surface area contributed by atoms with E-state index in [-0.39, 0.29) is 0 Å². The molecule has 17 rings (SSSR count). The van der Waals surface area contributed by atoms with E-state index in [4.69, 9.17) is 23.8 Å². The molecule has 0 amide bonds. The van der Waals surface area contributed by atoms with Gasteiger partial charge in [0.1, 0.15) is 22.3 Å². The van der Waals surface area contributed by atoms with Crippen molar-refractivity contribution < 1.29 is 8.83 Å². The molecule has 6 nitrogen and oxygen atoms in total. The summed E-state index contributed by atoms with van der Waals surface area (Å²) in [5, 5.41) is 11.4. The van der Waals surface area contributed by atoms with Gasteiger partial charge in [0, 0.05) is 95.0 Å². The van der Waals surface area contributed by atoms with Crippen LogP contribution in [0.2, 0.25) is 0 Å². The van der Waals surface area contributed by atoms with Crippen LogP contribution in [0.4, 0.5) is 0 Å². The van der Waals surface area contributed by atoms with Gasteiger partial charge in [-0.05, 0) is 113 Å². The van der Waals surface area contributed by atoms with Crippen LogP contribution >= 0.6 is 22.7 Å². The summed E-state index contributed by atoms with van der Waals surface area (Å²) >= 11 is 3.65. The van der Waals surface area contributed by atoms with Gasteiger partial charge >= 0.3 is 0 Å². The standard InChI is InChI=1S/C69H38N4O2S2/c1-2-13-43(14-3-1)73-55-22-7-4-15-45(55)52-37-41(28-32-56(52)73)44-18-10-19-48-53-35-40(30-34-62(53)77-66(44)48)39-29-33-58-54(36-39)64-50(20-11-24-59(64)74-58)68-70-67(42-27-31-47-46-16-5-8-23-57(46)75-60(47)38-42)71-69(72-68)51-21-12-26-63-65(51)49-17-6-9-25-61(49)76-63/h1-38H. The molecular formula is C69H38N4O2S2. The van der Waals surface area contributed by atoms with Crippen LogP contribution in [0.3, 0.4) is 0 Å². The minimum atomic E-state index is 0.560. The lowest BCUT2D eigenvalue weighted by Crippen LogP contribution is -2.00. The molecule has 6 aromatic heterocycles. The van der Waals surface area contributed by atoms with Crippen molar-refractivity contribution in [2.45, 2.75) is 0 Å². The van der Waals surface area contributed by atoms with Crippen molar-refractivity contribution in [2.75, 3.05) is 0 Å². The zero-order valence-electron chi connectivity index (χ0n) is 40.9. The molecule has 77 heavy (non-hydrogen) atoms. The molecule has 358 valence electrons. The summed E-state index contributed by atoms with van der Waals surface area (Å²) in [6.07, 6.45) is 0. The molecule has 11 aromatic carbocycles. The van der Waals surface area contributed by atoms with E-state index in [9.17, 15) is 0 Å². The van der Waals surface area contributed by atoms with Crippen molar-refractivity contribution in [3.63, 3.8) is 0 Å². The van der Waals surface area contributed by atoms with Crippen molar-refractivity contribution in [1.29, 1.82) is 0 Å². The second kappa shape index (κ2) is 16.4. The van der Waals surface area contributed by atoms with E-state index in [0.29, 0.717) is 17.5 Å². The van der Waals surface area contributed by atoms with Crippen LogP contribution in [0.1, 0.15) is 0 Å². The van der Waals surface area contributed by atoms with Crippen LogP contribution < -0.4 is 0 Å². The third kappa shape index (κ3) is 6.50. The van der Waals surface area contributed by atoms with E-state index in [1.54, 1.807) is 11.3 Å². The number of aromatic nitrogens is 4. The number of hydrogen-bond donors (Lipinski definition) is 0. The topological polar surface area (TPSA) is 69.9 Å². The normalized spacial score (nSPS) is 12.2. The lowest BCUT2D eigenvalue weighted by Gasteiger charge is -2.10. The van der Waals surface area contributed by atoms with Gasteiger partial charge in [-0.15, -0.1) is 22.7 Å². The van der Waals surface area contributed by atoms with Gasteiger partial charge in [0.05, 0.1) is 11.0 Å². The van der Waals surface area contributed by atoms with Gasteiger partial charge in [-0.25, -0.2) is 15.0 Å². The molecule has 0 fully saturated rings. The fraction of sp³-hybridized carbons (Fsp3) is 0. The van der Waals surface area contributed by atoms with E-state index in [1.165, 1.54) is 67.9 Å². The number of para-hydroxylation sites is 3. The molecule has 0 aliphatic rings. The Kier molecular flexibility index (Phi) is 9.07. The summed E-state index contributed by atoms with van der Waals surface area (Å²) in [4.78, 5) is 16.0. The Balaban J connectivity index is 0.807. The first-order chi connectivity index (χ1) is 38.1. The quantitative estimate of drug-likeness (QED) is 0.166. The lowest BCUT2D eigenvalue weighted by molar-refractivity contribution is 0.668. The molecule has 6 heterocycles. The van der Waals surface area contributed by atoms with Gasteiger partial charge < -0.3 is 13.4 Å². The Morgan fingerprint density at radius 2 is 0.883 bits per heavy atom. The maximum atomic E-state index is 6.67. The van der Waals surface area contributed by atoms with Crippen LogP contribution in [-0.2, 0) is 0 Å². The number of thiophene rings is 2.